The molecule has 1 N–H and O–H groups in total. The molecule has 5 heteroatoms. The van der Waals surface area contributed by atoms with Gasteiger partial charge in [0.25, 0.3) is 0 Å². The van der Waals surface area contributed by atoms with E-state index in [0.29, 0.717) is 25.2 Å². The van der Waals surface area contributed by atoms with Gasteiger partial charge in [0, 0.05) is 18.7 Å². The van der Waals surface area contributed by atoms with E-state index in [2.05, 4.69) is 5.92 Å². The maximum Gasteiger partial charge on any atom is 0.127 e. The first-order valence-electron chi connectivity index (χ1n) is 7.36. The van der Waals surface area contributed by atoms with Crippen molar-refractivity contribution >= 4 is 0 Å². The predicted molar refractivity (Wildman–Crippen MR) is 84.9 cm³/mol. The van der Waals surface area contributed by atoms with Crippen LogP contribution in [0.2, 0.25) is 0 Å². The summed E-state index contributed by atoms with van der Waals surface area (Å²) in [5.41, 5.74) is 0.566. The summed E-state index contributed by atoms with van der Waals surface area (Å²) in [6.45, 7) is 1.44. The second kappa shape index (κ2) is 9.11. The Morgan fingerprint density at radius 1 is 1.26 bits per heavy atom. The van der Waals surface area contributed by atoms with Crippen molar-refractivity contribution < 1.29 is 18.7 Å². The van der Waals surface area contributed by atoms with Crippen molar-refractivity contribution in [3.05, 3.63) is 59.8 Å². The fourth-order valence-electron chi connectivity index (χ4n) is 2.28. The minimum atomic E-state index is -0.718. The molecule has 0 amide bonds. The molecule has 0 radical (unpaired) electrons. The third kappa shape index (κ3) is 5.87. The summed E-state index contributed by atoms with van der Waals surface area (Å²) in [4.78, 5) is 1.90. The number of furan rings is 1. The van der Waals surface area contributed by atoms with Gasteiger partial charge in [0.05, 0.1) is 25.5 Å². The van der Waals surface area contributed by atoms with Gasteiger partial charge in [0.2, 0.25) is 0 Å². The molecule has 23 heavy (non-hydrogen) atoms. The van der Waals surface area contributed by atoms with Crippen LogP contribution in [0.1, 0.15) is 11.3 Å². The van der Waals surface area contributed by atoms with Crippen LogP contribution in [-0.2, 0) is 17.8 Å². The first-order chi connectivity index (χ1) is 11.2. The molecule has 1 unspecified atom stereocenters. The van der Waals surface area contributed by atoms with Crippen LogP contribution in [0.5, 0.6) is 0 Å². The van der Waals surface area contributed by atoms with Gasteiger partial charge < -0.3 is 14.3 Å². The number of ether oxygens (including phenoxy) is 1. The van der Waals surface area contributed by atoms with Crippen molar-refractivity contribution in [1.82, 2.24) is 4.90 Å². The molecule has 1 aromatic heterocycles. The molecular weight excluding hydrogens is 297 g/mol. The van der Waals surface area contributed by atoms with E-state index in [-0.39, 0.29) is 19.0 Å². The molecule has 0 aliphatic rings. The molecule has 1 aromatic carbocycles. The summed E-state index contributed by atoms with van der Waals surface area (Å²) in [5, 5.41) is 10.1. The number of hydrogen-bond acceptors (Lipinski definition) is 4. The summed E-state index contributed by atoms with van der Waals surface area (Å²) in [7, 11) is 0. The zero-order valence-corrected chi connectivity index (χ0v) is 12.8. The average molecular weight is 317 g/mol. The quantitative estimate of drug-likeness (QED) is 0.570. The number of benzene rings is 1. The van der Waals surface area contributed by atoms with E-state index in [4.69, 9.17) is 15.6 Å². The number of halogens is 1. The molecule has 0 aliphatic heterocycles. The zero-order chi connectivity index (χ0) is 16.5. The van der Waals surface area contributed by atoms with E-state index < -0.39 is 6.10 Å². The number of rotatable bonds is 9. The Labute approximate surface area is 135 Å². The maximum atomic E-state index is 13.9. The minimum absolute atomic E-state index is 0.135. The van der Waals surface area contributed by atoms with Crippen LogP contribution in [0.3, 0.4) is 0 Å². The normalized spacial score (nSPS) is 12.3. The van der Waals surface area contributed by atoms with Crippen LogP contribution in [0.4, 0.5) is 4.39 Å². The highest BCUT2D eigenvalue weighted by atomic mass is 19.1. The first kappa shape index (κ1) is 17.2. The van der Waals surface area contributed by atoms with Gasteiger partial charge in [-0.1, -0.05) is 24.1 Å². The second-order valence-corrected chi connectivity index (χ2v) is 5.21. The molecule has 0 bridgehead atoms. The van der Waals surface area contributed by atoms with Crippen molar-refractivity contribution in [3.8, 4) is 12.3 Å². The van der Waals surface area contributed by atoms with E-state index in [0.717, 1.165) is 5.76 Å². The summed E-state index contributed by atoms with van der Waals surface area (Å²) >= 11 is 0. The Kier molecular flexibility index (Phi) is 6.82. The molecule has 1 heterocycles. The molecule has 2 rings (SSSR count). The highest BCUT2D eigenvalue weighted by Gasteiger charge is 2.16. The summed E-state index contributed by atoms with van der Waals surface area (Å²) in [6.07, 6.45) is 5.97. The molecule has 4 nitrogen and oxygen atoms in total. The second-order valence-electron chi connectivity index (χ2n) is 5.21. The lowest BCUT2D eigenvalue weighted by atomic mass is 10.2. The highest BCUT2D eigenvalue weighted by molar-refractivity contribution is 5.17. The number of aliphatic hydroxyl groups is 1. The Balaban J connectivity index is 1.99. The molecule has 0 fully saturated rings. The number of terminal acetylenes is 1. The van der Waals surface area contributed by atoms with Gasteiger partial charge in [-0.15, -0.1) is 6.42 Å². The largest absolute Gasteiger partial charge is 0.468 e. The van der Waals surface area contributed by atoms with Gasteiger partial charge in [0.1, 0.15) is 18.2 Å². The molecule has 0 saturated heterocycles. The minimum Gasteiger partial charge on any atom is -0.468 e. The van der Waals surface area contributed by atoms with Crippen molar-refractivity contribution in [2.75, 3.05) is 19.8 Å². The van der Waals surface area contributed by atoms with Crippen LogP contribution in [-0.4, -0.2) is 35.9 Å². The molecule has 122 valence electrons. The van der Waals surface area contributed by atoms with Crippen LogP contribution in [0.25, 0.3) is 0 Å². The molecular formula is C18H20FNO3. The van der Waals surface area contributed by atoms with E-state index in [9.17, 15) is 9.50 Å². The topological polar surface area (TPSA) is 45.8 Å². The third-order valence-corrected chi connectivity index (χ3v) is 3.28. The Morgan fingerprint density at radius 3 is 2.78 bits per heavy atom. The smallest absolute Gasteiger partial charge is 0.127 e. The Morgan fingerprint density at radius 2 is 2.09 bits per heavy atom. The summed E-state index contributed by atoms with van der Waals surface area (Å²) < 4.78 is 24.3. The average Bonchev–Trinajstić information content (AvgIpc) is 3.03. The van der Waals surface area contributed by atoms with Crippen LogP contribution in [0, 0.1) is 18.2 Å². The van der Waals surface area contributed by atoms with Gasteiger partial charge in [-0.25, -0.2) is 4.39 Å². The lowest BCUT2D eigenvalue weighted by Gasteiger charge is -2.24. The fourth-order valence-corrected chi connectivity index (χ4v) is 2.28. The molecule has 0 spiro atoms. The predicted octanol–water partition coefficient (Wildman–Crippen LogP) is 2.43. The molecule has 0 aliphatic carbocycles. The summed E-state index contributed by atoms with van der Waals surface area (Å²) in [5.74, 6) is 2.83. The van der Waals surface area contributed by atoms with Gasteiger partial charge in [-0.05, 0) is 18.2 Å². The van der Waals surface area contributed by atoms with Gasteiger partial charge >= 0.3 is 0 Å². The Hall–Kier alpha value is -2.13. The van der Waals surface area contributed by atoms with Gasteiger partial charge in [0.15, 0.2) is 0 Å². The highest BCUT2D eigenvalue weighted by Crippen LogP contribution is 2.14. The lowest BCUT2D eigenvalue weighted by Crippen LogP contribution is -2.34. The van der Waals surface area contributed by atoms with Crippen molar-refractivity contribution in [3.63, 3.8) is 0 Å². The molecule has 2 aromatic rings. The number of hydrogen-bond donors (Lipinski definition) is 1. The van der Waals surface area contributed by atoms with Crippen LogP contribution in [0.15, 0.2) is 47.1 Å². The number of nitrogens with zero attached hydrogens (tertiary/aromatic N) is 1. The van der Waals surface area contributed by atoms with Gasteiger partial charge in [-0.2, -0.15) is 0 Å². The number of aliphatic hydroxyl groups excluding tert-OH is 1. The first-order valence-corrected chi connectivity index (χ1v) is 7.36. The van der Waals surface area contributed by atoms with E-state index in [1.807, 2.05) is 11.0 Å². The van der Waals surface area contributed by atoms with Crippen molar-refractivity contribution in [2.24, 2.45) is 0 Å². The van der Waals surface area contributed by atoms with Crippen molar-refractivity contribution in [1.29, 1.82) is 0 Å². The Bertz CT molecular complexity index is 621. The van der Waals surface area contributed by atoms with E-state index in [1.54, 1.807) is 30.5 Å². The maximum absolute atomic E-state index is 13.9. The third-order valence-electron chi connectivity index (χ3n) is 3.28. The lowest BCUT2D eigenvalue weighted by molar-refractivity contribution is 0.0228. The van der Waals surface area contributed by atoms with Crippen LogP contribution < -0.4 is 0 Å². The van der Waals surface area contributed by atoms with E-state index in [1.165, 1.54) is 6.07 Å². The van der Waals surface area contributed by atoms with Crippen molar-refractivity contribution in [2.45, 2.75) is 19.2 Å². The molecule has 1 atom stereocenters. The summed E-state index contributed by atoms with van der Waals surface area (Å²) in [6, 6.07) is 10.2. The standard InChI is InChI=1S/C18H20FNO3/c1-2-9-22-14-16(21)12-20(13-17-7-5-10-23-17)11-15-6-3-4-8-18(15)19/h1,3-8,10,16,21H,9,11-14H2. The SMILES string of the molecule is C#CCOCC(O)CN(Cc1ccco1)Cc1ccccc1F. The van der Waals surface area contributed by atoms with E-state index >= 15 is 0 Å². The van der Waals surface area contributed by atoms with Crippen LogP contribution >= 0.6 is 0 Å². The fraction of sp³-hybridized carbons (Fsp3) is 0.333. The van der Waals surface area contributed by atoms with Gasteiger partial charge in [-0.3, -0.25) is 4.90 Å². The zero-order valence-electron chi connectivity index (χ0n) is 12.8. The molecule has 0 saturated carbocycles. The monoisotopic (exact) mass is 317 g/mol.